The normalized spacial score (nSPS) is 14.6. The Morgan fingerprint density at radius 3 is 2.29 bits per heavy atom. The van der Waals surface area contributed by atoms with Gasteiger partial charge >= 0.3 is 22.1 Å². The number of amides is 4. The molecule has 0 aromatic heterocycles. The molecule has 1 fully saturated rings. The summed E-state index contributed by atoms with van der Waals surface area (Å²) in [6, 6.07) is 13.4. The first-order valence-electron chi connectivity index (χ1n) is 12.0. The molecule has 1 N–H and O–H groups in total. The van der Waals surface area contributed by atoms with Crippen molar-refractivity contribution in [2.45, 2.75) is 18.7 Å². The fourth-order valence-corrected chi connectivity index (χ4v) is 5.39. The summed E-state index contributed by atoms with van der Waals surface area (Å²) in [6.45, 7) is 3.66. The highest BCUT2D eigenvalue weighted by molar-refractivity contribution is 9.10. The molecule has 0 aliphatic carbocycles. The number of esters is 1. The zero-order valence-electron chi connectivity index (χ0n) is 22.0. The number of rotatable bonds is 8. The third-order valence-corrected chi connectivity index (χ3v) is 7.63. The molecule has 4 amide bonds. The Morgan fingerprint density at radius 2 is 1.68 bits per heavy atom. The van der Waals surface area contributed by atoms with Crippen molar-refractivity contribution in [1.29, 1.82) is 0 Å². The Hall–Kier alpha value is -4.49. The molecule has 212 valence electrons. The van der Waals surface area contributed by atoms with Gasteiger partial charge in [-0.25, -0.2) is 14.5 Å². The van der Waals surface area contributed by atoms with Crippen LogP contribution in [0.25, 0.3) is 6.08 Å². The number of hydrogen-bond donors (Lipinski definition) is 1. The minimum atomic E-state index is -4.22. The molecule has 1 aliphatic heterocycles. The highest BCUT2D eigenvalue weighted by atomic mass is 79.9. The van der Waals surface area contributed by atoms with Gasteiger partial charge < -0.3 is 13.7 Å². The molecular weight excluding hydrogens is 620 g/mol. The Morgan fingerprint density at radius 1 is 1.02 bits per heavy atom. The molecule has 0 spiro atoms. The van der Waals surface area contributed by atoms with Crippen molar-refractivity contribution in [1.82, 2.24) is 5.32 Å². The van der Waals surface area contributed by atoms with Crippen LogP contribution in [0.3, 0.4) is 0 Å². The second-order valence-electron chi connectivity index (χ2n) is 8.61. The van der Waals surface area contributed by atoms with Crippen LogP contribution in [-0.2, 0) is 24.4 Å². The summed E-state index contributed by atoms with van der Waals surface area (Å²) < 4.78 is 41.5. The number of ether oxygens (including phenoxy) is 2. The van der Waals surface area contributed by atoms with Crippen LogP contribution in [-0.4, -0.2) is 45.9 Å². The van der Waals surface area contributed by atoms with E-state index in [9.17, 15) is 27.6 Å². The quantitative estimate of drug-likeness (QED) is 0.164. The molecule has 0 saturated carbocycles. The van der Waals surface area contributed by atoms with Crippen LogP contribution in [0, 0.1) is 6.92 Å². The number of urea groups is 1. The van der Waals surface area contributed by atoms with Gasteiger partial charge in [0.15, 0.2) is 11.5 Å². The minimum absolute atomic E-state index is 0.00642. The van der Waals surface area contributed by atoms with Crippen molar-refractivity contribution in [3.05, 3.63) is 87.4 Å². The first-order chi connectivity index (χ1) is 19.4. The van der Waals surface area contributed by atoms with Gasteiger partial charge in [0, 0.05) is 0 Å². The zero-order valence-corrected chi connectivity index (χ0v) is 24.4. The summed E-state index contributed by atoms with van der Waals surface area (Å²) in [5, 5.41) is 2.11. The van der Waals surface area contributed by atoms with Crippen LogP contribution in [0.4, 0.5) is 10.5 Å². The zero-order chi connectivity index (χ0) is 29.9. The molecule has 1 aliphatic rings. The minimum Gasteiger partial charge on any atom is -0.493 e. The maximum Gasteiger partial charge on any atom is 0.339 e. The maximum absolute atomic E-state index is 13.3. The summed E-state index contributed by atoms with van der Waals surface area (Å²) in [4.78, 5) is 51.1. The van der Waals surface area contributed by atoms with Gasteiger partial charge in [0.2, 0.25) is 0 Å². The lowest BCUT2D eigenvalue weighted by Crippen LogP contribution is -2.54. The van der Waals surface area contributed by atoms with Crippen LogP contribution < -0.4 is 19.1 Å². The van der Waals surface area contributed by atoms with E-state index in [4.69, 9.17) is 13.7 Å². The lowest BCUT2D eigenvalue weighted by molar-refractivity contribution is -0.122. The summed E-state index contributed by atoms with van der Waals surface area (Å²) in [6.07, 6.45) is 1.22. The monoisotopic (exact) mass is 642 g/mol. The molecule has 11 nitrogen and oxygen atoms in total. The van der Waals surface area contributed by atoms with Crippen LogP contribution in [0.5, 0.6) is 11.5 Å². The van der Waals surface area contributed by atoms with Crippen molar-refractivity contribution in [3.8, 4) is 11.5 Å². The Bertz CT molecular complexity index is 1680. The van der Waals surface area contributed by atoms with Gasteiger partial charge in [-0.15, -0.1) is 0 Å². The summed E-state index contributed by atoms with van der Waals surface area (Å²) >= 11 is 3.27. The summed E-state index contributed by atoms with van der Waals surface area (Å²) in [5.74, 6) is -2.57. The molecule has 1 saturated heterocycles. The standard InChI is InChI=1S/C28H23BrN2O9S/c1-4-39-27(34)18-7-9-19(10-8-18)31-26(33)21(25(32)30-28(31)35)13-17-14-22(29)24(23(15-17)38-3)40-41(36,37)20-11-5-16(2)6-12-20/h5-15H,4H2,1-3H3,(H,30,32,35)/b21-13+. The molecule has 13 heteroatoms. The number of methoxy groups -OCH3 is 1. The van der Waals surface area contributed by atoms with E-state index < -0.39 is 33.9 Å². The van der Waals surface area contributed by atoms with Gasteiger partial charge in [0.25, 0.3) is 11.8 Å². The van der Waals surface area contributed by atoms with Crippen LogP contribution in [0.1, 0.15) is 28.4 Å². The number of halogens is 1. The molecule has 0 unspecified atom stereocenters. The third-order valence-electron chi connectivity index (χ3n) is 5.80. The Labute approximate surface area is 243 Å². The average Bonchev–Trinajstić information content (AvgIpc) is 2.93. The number of hydrogen-bond acceptors (Lipinski definition) is 9. The van der Waals surface area contributed by atoms with Gasteiger partial charge in [-0.05, 0) is 89.9 Å². The van der Waals surface area contributed by atoms with E-state index in [0.717, 1.165) is 10.5 Å². The lowest BCUT2D eigenvalue weighted by atomic mass is 10.1. The Kier molecular flexibility index (Phi) is 8.59. The van der Waals surface area contributed by atoms with E-state index in [-0.39, 0.29) is 49.9 Å². The van der Waals surface area contributed by atoms with Crippen molar-refractivity contribution < 1.29 is 41.3 Å². The van der Waals surface area contributed by atoms with Crippen molar-refractivity contribution in [2.75, 3.05) is 18.6 Å². The SMILES string of the molecule is CCOC(=O)c1ccc(N2C(=O)NC(=O)/C(=C\c3cc(Br)c(OS(=O)(=O)c4ccc(C)cc4)c(OC)c3)C2=O)cc1. The predicted molar refractivity (Wildman–Crippen MR) is 151 cm³/mol. The molecular formula is C28H23BrN2O9S. The number of carbonyl (C=O) groups excluding carboxylic acids is 4. The molecule has 4 rings (SSSR count). The largest absolute Gasteiger partial charge is 0.493 e. The number of barbiturate groups is 1. The number of benzene rings is 3. The van der Waals surface area contributed by atoms with E-state index in [2.05, 4.69) is 21.2 Å². The van der Waals surface area contributed by atoms with E-state index >= 15 is 0 Å². The highest BCUT2D eigenvalue weighted by Gasteiger charge is 2.37. The summed E-state index contributed by atoms with van der Waals surface area (Å²) in [7, 11) is -2.92. The molecule has 0 bridgehead atoms. The highest BCUT2D eigenvalue weighted by Crippen LogP contribution is 2.39. The van der Waals surface area contributed by atoms with Crippen LogP contribution >= 0.6 is 15.9 Å². The average molecular weight is 643 g/mol. The van der Waals surface area contributed by atoms with Crippen molar-refractivity contribution >= 4 is 61.6 Å². The number of aryl methyl sites for hydroxylation is 1. The number of imide groups is 2. The first kappa shape index (κ1) is 29.5. The lowest BCUT2D eigenvalue weighted by Gasteiger charge is -2.26. The van der Waals surface area contributed by atoms with Crippen molar-refractivity contribution in [3.63, 3.8) is 0 Å². The van der Waals surface area contributed by atoms with Gasteiger partial charge in [-0.1, -0.05) is 17.7 Å². The van der Waals surface area contributed by atoms with Crippen LogP contribution in [0.15, 0.2) is 75.6 Å². The van der Waals surface area contributed by atoms with Crippen LogP contribution in [0.2, 0.25) is 0 Å². The number of carbonyl (C=O) groups is 4. The second-order valence-corrected chi connectivity index (χ2v) is 11.0. The molecule has 3 aromatic rings. The van der Waals surface area contributed by atoms with Gasteiger partial charge in [-0.3, -0.25) is 14.9 Å². The van der Waals surface area contributed by atoms with E-state index in [1.54, 1.807) is 19.1 Å². The second kappa shape index (κ2) is 11.9. The van der Waals surface area contributed by atoms with E-state index in [0.29, 0.717) is 0 Å². The molecule has 0 atom stereocenters. The molecule has 3 aromatic carbocycles. The number of nitrogens with one attached hydrogen (secondary N) is 1. The predicted octanol–water partition coefficient (Wildman–Crippen LogP) is 4.38. The van der Waals surface area contributed by atoms with Gasteiger partial charge in [0.05, 0.1) is 29.4 Å². The smallest absolute Gasteiger partial charge is 0.339 e. The fourth-order valence-electron chi connectivity index (χ4n) is 3.79. The first-order valence-corrected chi connectivity index (χ1v) is 14.2. The molecule has 1 heterocycles. The third kappa shape index (κ3) is 6.31. The number of nitrogens with zero attached hydrogens (tertiary/aromatic N) is 1. The molecule has 0 radical (unpaired) electrons. The molecule has 41 heavy (non-hydrogen) atoms. The Balaban J connectivity index is 1.66. The van der Waals surface area contributed by atoms with E-state index in [1.165, 1.54) is 61.7 Å². The number of anilines is 1. The van der Waals surface area contributed by atoms with Gasteiger partial charge in [0.1, 0.15) is 10.5 Å². The van der Waals surface area contributed by atoms with Crippen molar-refractivity contribution in [2.24, 2.45) is 0 Å². The van der Waals surface area contributed by atoms with Gasteiger partial charge in [-0.2, -0.15) is 8.42 Å². The maximum atomic E-state index is 13.3. The fraction of sp³-hybridized carbons (Fsp3) is 0.143. The summed E-state index contributed by atoms with van der Waals surface area (Å²) in [5.41, 5.74) is 1.09. The topological polar surface area (TPSA) is 145 Å². The van der Waals surface area contributed by atoms with E-state index in [1.807, 2.05) is 6.92 Å².